The van der Waals surface area contributed by atoms with Gasteiger partial charge in [-0.15, -0.1) is 11.3 Å². The topological polar surface area (TPSA) is 113 Å². The number of thiazole rings is 1. The van der Waals surface area contributed by atoms with E-state index in [1.54, 1.807) is 26.1 Å². The number of hydrogen-bond acceptors (Lipinski definition) is 9. The summed E-state index contributed by atoms with van der Waals surface area (Å²) >= 11 is 4.84. The Balaban J connectivity index is 1.80. The van der Waals surface area contributed by atoms with Gasteiger partial charge in [0.05, 0.1) is 30.8 Å². The van der Waals surface area contributed by atoms with E-state index in [0.717, 1.165) is 0 Å². The molecule has 3 heterocycles. The van der Waals surface area contributed by atoms with Crippen molar-refractivity contribution in [3.05, 3.63) is 61.9 Å². The summed E-state index contributed by atoms with van der Waals surface area (Å²) in [6, 6.07) is 3.30. The van der Waals surface area contributed by atoms with Crippen molar-refractivity contribution in [2.45, 2.75) is 45.4 Å². The van der Waals surface area contributed by atoms with Crippen LogP contribution >= 0.6 is 27.3 Å². The Morgan fingerprint density at radius 1 is 1.42 bits per heavy atom. The summed E-state index contributed by atoms with van der Waals surface area (Å²) in [5, 5.41) is 15.3. The first-order chi connectivity index (χ1) is 18.2. The van der Waals surface area contributed by atoms with Gasteiger partial charge in [-0.05, 0) is 38.0 Å². The number of amidine groups is 1. The fourth-order valence-electron chi connectivity index (χ4n) is 4.70. The molecule has 2 aromatic rings. The lowest BCUT2D eigenvalue weighted by molar-refractivity contribution is -0.143. The van der Waals surface area contributed by atoms with Gasteiger partial charge in [0.2, 0.25) is 0 Å². The van der Waals surface area contributed by atoms with Crippen LogP contribution < -0.4 is 5.32 Å². The fourth-order valence-corrected chi connectivity index (χ4v) is 5.86. The number of nitrogens with one attached hydrogen (secondary N) is 1. The Kier molecular flexibility index (Phi) is 9.29. The second-order valence-electron chi connectivity index (χ2n) is 9.21. The molecule has 1 aromatic carbocycles. The summed E-state index contributed by atoms with van der Waals surface area (Å²) in [7, 11) is 0. The second-order valence-corrected chi connectivity index (χ2v) is 11.0. The van der Waals surface area contributed by atoms with E-state index in [0.29, 0.717) is 58.3 Å². The van der Waals surface area contributed by atoms with E-state index >= 15 is 0 Å². The highest BCUT2D eigenvalue weighted by molar-refractivity contribution is 9.10. The Hall–Kier alpha value is -2.67. The molecule has 2 aliphatic rings. The van der Waals surface area contributed by atoms with Crippen LogP contribution in [0.15, 0.2) is 50.5 Å². The monoisotopic (exact) mass is 608 g/mol. The number of carboxylic acids is 1. The van der Waals surface area contributed by atoms with Gasteiger partial charge in [-0.2, -0.15) is 0 Å². The second kappa shape index (κ2) is 12.5. The largest absolute Gasteiger partial charge is 0.481 e. The van der Waals surface area contributed by atoms with Crippen LogP contribution in [0.5, 0.6) is 0 Å². The van der Waals surface area contributed by atoms with Gasteiger partial charge in [-0.25, -0.2) is 14.2 Å². The third-order valence-corrected chi connectivity index (χ3v) is 8.13. The number of carboxylic acid groups (broad SMARTS) is 1. The van der Waals surface area contributed by atoms with Crippen molar-refractivity contribution in [2.75, 3.05) is 26.3 Å². The van der Waals surface area contributed by atoms with Gasteiger partial charge in [-0.1, -0.05) is 28.9 Å². The predicted octanol–water partition coefficient (Wildman–Crippen LogP) is 4.15. The number of aromatic nitrogens is 1. The average molecular weight is 610 g/mol. The minimum Gasteiger partial charge on any atom is -0.481 e. The number of morpholine rings is 1. The Morgan fingerprint density at radius 3 is 2.87 bits per heavy atom. The molecular formula is C26H30BrFN4O5S. The van der Waals surface area contributed by atoms with Crippen LogP contribution in [0.4, 0.5) is 4.39 Å². The molecule has 0 amide bonds. The van der Waals surface area contributed by atoms with E-state index in [2.05, 4.69) is 31.1 Å². The smallest absolute Gasteiger partial charge is 0.338 e. The molecule has 0 spiro atoms. The third kappa shape index (κ3) is 6.31. The third-order valence-electron chi connectivity index (χ3n) is 6.66. The number of benzene rings is 1. The van der Waals surface area contributed by atoms with E-state index in [9.17, 15) is 19.1 Å². The van der Waals surface area contributed by atoms with E-state index in [1.165, 1.54) is 23.5 Å². The maximum Gasteiger partial charge on any atom is 0.338 e. The number of carbonyl (C=O) groups is 2. The van der Waals surface area contributed by atoms with E-state index in [4.69, 9.17) is 14.5 Å². The molecule has 1 fully saturated rings. The number of esters is 1. The number of ether oxygens (including phenoxy) is 2. The normalized spacial score (nSPS) is 23.0. The highest BCUT2D eigenvalue weighted by Gasteiger charge is 2.38. The molecule has 0 radical (unpaired) electrons. The Bertz CT molecular complexity index is 1240. The minimum absolute atomic E-state index is 0.170. The minimum atomic E-state index is -0.871. The molecule has 12 heteroatoms. The maximum absolute atomic E-state index is 14.0. The van der Waals surface area contributed by atoms with Gasteiger partial charge in [0.1, 0.15) is 11.9 Å². The Labute approximate surface area is 232 Å². The number of halogens is 2. The number of hydrogen-bond donors (Lipinski definition) is 2. The van der Waals surface area contributed by atoms with Crippen molar-refractivity contribution < 1.29 is 28.6 Å². The molecule has 204 valence electrons. The Morgan fingerprint density at radius 2 is 2.21 bits per heavy atom. The maximum atomic E-state index is 14.0. The lowest BCUT2D eigenvalue weighted by Gasteiger charge is -2.42. The zero-order valence-electron chi connectivity index (χ0n) is 21.3. The fraction of sp³-hybridized carbons (Fsp3) is 0.462. The van der Waals surface area contributed by atoms with Gasteiger partial charge in [0.15, 0.2) is 10.8 Å². The van der Waals surface area contributed by atoms with E-state index in [-0.39, 0.29) is 18.8 Å². The van der Waals surface area contributed by atoms with Gasteiger partial charge in [0, 0.05) is 40.9 Å². The highest BCUT2D eigenvalue weighted by Crippen LogP contribution is 2.37. The highest BCUT2D eigenvalue weighted by atomic mass is 79.9. The summed E-state index contributed by atoms with van der Waals surface area (Å²) in [6.45, 7) is 6.84. The quantitative estimate of drug-likeness (QED) is 0.408. The van der Waals surface area contributed by atoms with Crippen molar-refractivity contribution in [1.29, 1.82) is 0 Å². The summed E-state index contributed by atoms with van der Waals surface area (Å²) < 4.78 is 25.8. The molecule has 9 nitrogen and oxygen atoms in total. The molecule has 1 unspecified atom stereocenters. The van der Waals surface area contributed by atoms with Gasteiger partial charge >= 0.3 is 11.9 Å². The number of rotatable bonds is 9. The molecule has 1 aromatic heterocycles. The van der Waals surface area contributed by atoms with Crippen LogP contribution in [0.1, 0.15) is 43.8 Å². The lowest BCUT2D eigenvalue weighted by atomic mass is 9.93. The van der Waals surface area contributed by atoms with Crippen LogP contribution in [0.2, 0.25) is 0 Å². The van der Waals surface area contributed by atoms with Crippen LogP contribution in [-0.4, -0.2) is 71.2 Å². The van der Waals surface area contributed by atoms with Gasteiger partial charge < -0.3 is 19.9 Å². The van der Waals surface area contributed by atoms with Crippen LogP contribution in [0.3, 0.4) is 0 Å². The standard InChI is InChI=1S/C26H30BrFN4O5S/c1-4-36-26(35)21-19(13-32-8-9-37-15(3)20(32)11-14(2)25(33)34)30-23(24-29-7-10-38-24)31-22(21)17-6-5-16(28)12-18(17)27/h5-7,10,12,14-15,20,22H,4,8-9,11,13H2,1-3H3,(H,30,31)(H,33,34)/t14?,15-,20-,22+/m1/s1. The predicted molar refractivity (Wildman–Crippen MR) is 144 cm³/mol. The van der Waals surface area contributed by atoms with E-state index in [1.807, 2.05) is 12.3 Å². The number of aliphatic imine (C=N–C) groups is 1. The molecule has 0 aliphatic carbocycles. The number of carbonyl (C=O) groups excluding carboxylic acids is 1. The van der Waals surface area contributed by atoms with E-state index < -0.39 is 29.7 Å². The van der Waals surface area contributed by atoms with Crippen LogP contribution in [-0.2, 0) is 19.1 Å². The SMILES string of the molecule is CCOC(=O)C1=C(CN2CCO[C@H](C)[C@H]2CC(C)C(=O)O)NC(c2nccs2)=N[C@H]1c1ccc(F)cc1Br. The zero-order valence-corrected chi connectivity index (χ0v) is 23.7. The van der Waals surface area contributed by atoms with Crippen molar-refractivity contribution in [2.24, 2.45) is 10.9 Å². The first kappa shape index (κ1) is 28.3. The van der Waals surface area contributed by atoms with Crippen molar-refractivity contribution in [3.63, 3.8) is 0 Å². The van der Waals surface area contributed by atoms with Crippen molar-refractivity contribution in [3.8, 4) is 0 Å². The molecular weight excluding hydrogens is 579 g/mol. The van der Waals surface area contributed by atoms with Gasteiger partial charge in [0.25, 0.3) is 0 Å². The molecule has 2 aliphatic heterocycles. The first-order valence-corrected chi connectivity index (χ1v) is 14.0. The van der Waals surface area contributed by atoms with Crippen molar-refractivity contribution >= 4 is 45.0 Å². The lowest BCUT2D eigenvalue weighted by Crippen LogP contribution is -2.53. The number of nitrogens with zero attached hydrogens (tertiary/aromatic N) is 3. The summed E-state index contributed by atoms with van der Waals surface area (Å²) in [5.74, 6) is -1.90. The summed E-state index contributed by atoms with van der Waals surface area (Å²) in [5.41, 5.74) is 1.49. The molecule has 0 bridgehead atoms. The molecule has 2 N–H and O–H groups in total. The average Bonchev–Trinajstić information content (AvgIpc) is 3.41. The van der Waals surface area contributed by atoms with Crippen LogP contribution in [0, 0.1) is 11.7 Å². The number of aliphatic carboxylic acids is 1. The molecule has 0 saturated carbocycles. The molecule has 38 heavy (non-hydrogen) atoms. The van der Waals surface area contributed by atoms with Crippen LogP contribution in [0.25, 0.3) is 0 Å². The molecule has 4 rings (SSSR count). The first-order valence-electron chi connectivity index (χ1n) is 12.4. The summed E-state index contributed by atoms with van der Waals surface area (Å²) in [4.78, 5) is 36.4. The van der Waals surface area contributed by atoms with Gasteiger partial charge in [-0.3, -0.25) is 14.7 Å². The zero-order chi connectivity index (χ0) is 27.4. The molecule has 1 saturated heterocycles. The molecule has 4 atom stereocenters. The van der Waals surface area contributed by atoms with Crippen molar-refractivity contribution in [1.82, 2.24) is 15.2 Å². The summed E-state index contributed by atoms with van der Waals surface area (Å²) in [6.07, 6.45) is 1.86.